The SMILES string of the molecule is Cc1cccc(C(C(=O)Nc2ccccc2C)N(C(=O)CNC(=O)OC(C)(C)C)C(C)CCC(C)C)c1. The third-order valence-electron chi connectivity index (χ3n) is 5.99. The number of amides is 3. The molecule has 0 heterocycles. The summed E-state index contributed by atoms with van der Waals surface area (Å²) in [5.41, 5.74) is 2.64. The van der Waals surface area contributed by atoms with Crippen LogP contribution in [0.2, 0.25) is 0 Å². The van der Waals surface area contributed by atoms with E-state index in [2.05, 4.69) is 24.5 Å². The van der Waals surface area contributed by atoms with Crippen molar-refractivity contribution in [1.82, 2.24) is 10.2 Å². The molecule has 0 saturated carbocycles. The zero-order chi connectivity index (χ0) is 27.8. The van der Waals surface area contributed by atoms with E-state index in [0.29, 0.717) is 17.2 Å². The Morgan fingerprint density at radius 1 is 0.946 bits per heavy atom. The van der Waals surface area contributed by atoms with Crippen molar-refractivity contribution in [3.8, 4) is 0 Å². The van der Waals surface area contributed by atoms with Crippen LogP contribution in [0.25, 0.3) is 0 Å². The molecule has 2 unspecified atom stereocenters. The smallest absolute Gasteiger partial charge is 0.408 e. The Kier molecular flexibility index (Phi) is 10.7. The molecule has 3 amide bonds. The number of nitrogens with zero attached hydrogens (tertiary/aromatic N) is 1. The van der Waals surface area contributed by atoms with Gasteiger partial charge in [0, 0.05) is 11.7 Å². The number of aryl methyl sites for hydroxylation is 2. The highest BCUT2D eigenvalue weighted by Crippen LogP contribution is 2.29. The van der Waals surface area contributed by atoms with Crippen LogP contribution in [0.1, 0.15) is 77.1 Å². The number of carbonyl (C=O) groups excluding carboxylic acids is 3. The Bertz CT molecular complexity index is 1070. The number of benzene rings is 2. The highest BCUT2D eigenvalue weighted by atomic mass is 16.6. The molecule has 0 saturated heterocycles. The second-order valence-corrected chi connectivity index (χ2v) is 11.1. The van der Waals surface area contributed by atoms with E-state index in [9.17, 15) is 14.4 Å². The normalized spacial score (nSPS) is 13.0. The average Bonchev–Trinajstić information content (AvgIpc) is 2.79. The van der Waals surface area contributed by atoms with E-state index in [1.807, 2.05) is 69.3 Å². The number of hydrogen-bond acceptors (Lipinski definition) is 4. The Morgan fingerprint density at radius 3 is 2.22 bits per heavy atom. The van der Waals surface area contributed by atoms with Gasteiger partial charge in [-0.05, 0) is 77.5 Å². The molecule has 7 heteroatoms. The molecule has 0 aliphatic carbocycles. The lowest BCUT2D eigenvalue weighted by Gasteiger charge is -2.37. The maximum Gasteiger partial charge on any atom is 0.408 e. The second-order valence-electron chi connectivity index (χ2n) is 11.1. The largest absolute Gasteiger partial charge is 0.444 e. The minimum absolute atomic E-state index is 0.247. The number of para-hydroxylation sites is 1. The van der Waals surface area contributed by atoms with Gasteiger partial charge in [-0.1, -0.05) is 61.9 Å². The first-order valence-electron chi connectivity index (χ1n) is 13.0. The van der Waals surface area contributed by atoms with Gasteiger partial charge in [-0.3, -0.25) is 9.59 Å². The predicted molar refractivity (Wildman–Crippen MR) is 148 cm³/mol. The van der Waals surface area contributed by atoms with Gasteiger partial charge in [-0.15, -0.1) is 0 Å². The first-order valence-corrected chi connectivity index (χ1v) is 13.0. The zero-order valence-electron chi connectivity index (χ0n) is 23.6. The van der Waals surface area contributed by atoms with E-state index < -0.39 is 17.7 Å². The molecule has 0 aliphatic heterocycles. The summed E-state index contributed by atoms with van der Waals surface area (Å²) in [5.74, 6) is -0.215. The molecule has 2 atom stereocenters. The maximum atomic E-state index is 13.9. The minimum atomic E-state index is -0.880. The Labute approximate surface area is 222 Å². The monoisotopic (exact) mass is 509 g/mol. The van der Waals surface area contributed by atoms with E-state index in [1.54, 1.807) is 25.7 Å². The Morgan fingerprint density at radius 2 is 1.62 bits per heavy atom. The fourth-order valence-electron chi connectivity index (χ4n) is 4.10. The van der Waals surface area contributed by atoms with Crippen molar-refractivity contribution < 1.29 is 19.1 Å². The number of ether oxygens (including phenoxy) is 1. The highest BCUT2D eigenvalue weighted by molar-refractivity contribution is 5.99. The van der Waals surface area contributed by atoms with Gasteiger partial charge in [-0.2, -0.15) is 0 Å². The van der Waals surface area contributed by atoms with Gasteiger partial charge in [-0.25, -0.2) is 4.79 Å². The first kappa shape index (κ1) is 29.9. The lowest BCUT2D eigenvalue weighted by atomic mass is 9.97. The summed E-state index contributed by atoms with van der Waals surface area (Å²) in [5, 5.41) is 5.61. The molecule has 202 valence electrons. The molecule has 0 fully saturated rings. The van der Waals surface area contributed by atoms with E-state index >= 15 is 0 Å². The molecule has 2 aromatic carbocycles. The van der Waals surface area contributed by atoms with Crippen molar-refractivity contribution >= 4 is 23.6 Å². The molecule has 37 heavy (non-hydrogen) atoms. The number of anilines is 1. The van der Waals surface area contributed by atoms with Gasteiger partial charge in [0.05, 0.1) is 0 Å². The lowest BCUT2D eigenvalue weighted by molar-refractivity contribution is -0.140. The van der Waals surface area contributed by atoms with Gasteiger partial charge in [0.1, 0.15) is 18.2 Å². The van der Waals surface area contributed by atoms with Crippen LogP contribution in [0, 0.1) is 19.8 Å². The lowest BCUT2D eigenvalue weighted by Crippen LogP contribution is -2.50. The second kappa shape index (κ2) is 13.3. The quantitative estimate of drug-likeness (QED) is 0.401. The Balaban J connectivity index is 2.46. The van der Waals surface area contributed by atoms with Crippen molar-refractivity contribution in [2.45, 2.75) is 85.9 Å². The summed E-state index contributed by atoms with van der Waals surface area (Å²) in [4.78, 5) is 41.5. The summed E-state index contributed by atoms with van der Waals surface area (Å²) in [6, 6.07) is 14.1. The molecule has 2 rings (SSSR count). The predicted octanol–water partition coefficient (Wildman–Crippen LogP) is 6.16. The zero-order valence-corrected chi connectivity index (χ0v) is 23.6. The molecule has 0 aromatic heterocycles. The van der Waals surface area contributed by atoms with Crippen LogP contribution < -0.4 is 10.6 Å². The molecule has 2 N–H and O–H groups in total. The minimum Gasteiger partial charge on any atom is -0.444 e. The maximum absolute atomic E-state index is 13.9. The molecule has 7 nitrogen and oxygen atoms in total. The first-order chi connectivity index (χ1) is 17.3. The van der Waals surface area contributed by atoms with Crippen molar-refractivity contribution in [1.29, 1.82) is 0 Å². The van der Waals surface area contributed by atoms with Gasteiger partial charge in [0.2, 0.25) is 5.91 Å². The van der Waals surface area contributed by atoms with E-state index in [-0.39, 0.29) is 24.4 Å². The van der Waals surface area contributed by atoms with Crippen molar-refractivity contribution in [3.63, 3.8) is 0 Å². The van der Waals surface area contributed by atoms with Crippen molar-refractivity contribution in [3.05, 3.63) is 65.2 Å². The summed E-state index contributed by atoms with van der Waals surface area (Å²) in [6.45, 7) is 15.1. The van der Waals surface area contributed by atoms with E-state index in [1.165, 1.54) is 0 Å². The number of alkyl carbamates (subject to hydrolysis) is 1. The van der Waals surface area contributed by atoms with Crippen LogP contribution in [0.5, 0.6) is 0 Å². The summed E-state index contributed by atoms with van der Waals surface area (Å²) >= 11 is 0. The Hall–Kier alpha value is -3.35. The van der Waals surface area contributed by atoms with Gasteiger partial charge in [0.15, 0.2) is 0 Å². The molecule has 0 aliphatic rings. The molecule has 2 aromatic rings. The topological polar surface area (TPSA) is 87.7 Å². The standard InChI is InChI=1S/C30H43N3O4/c1-20(2)16-17-23(5)33(26(34)19-31-29(36)37-30(6,7)8)27(24-14-11-12-21(3)18-24)28(35)32-25-15-10-9-13-22(25)4/h9-15,18,20,23,27H,16-17,19H2,1-8H3,(H,31,36)(H,32,35). The summed E-state index contributed by atoms with van der Waals surface area (Å²) in [6.07, 6.45) is 0.937. The fourth-order valence-corrected chi connectivity index (χ4v) is 4.10. The van der Waals surface area contributed by atoms with Crippen molar-refractivity contribution in [2.24, 2.45) is 5.92 Å². The van der Waals surface area contributed by atoms with Gasteiger partial charge >= 0.3 is 6.09 Å². The molecule has 0 spiro atoms. The fraction of sp³-hybridized carbons (Fsp3) is 0.500. The van der Waals surface area contributed by atoms with Crippen LogP contribution in [-0.4, -0.2) is 41.0 Å². The summed E-state index contributed by atoms with van der Waals surface area (Å²) < 4.78 is 5.31. The van der Waals surface area contributed by atoms with Crippen LogP contribution in [0.3, 0.4) is 0 Å². The van der Waals surface area contributed by atoms with Crippen LogP contribution in [0.4, 0.5) is 10.5 Å². The highest BCUT2D eigenvalue weighted by Gasteiger charge is 2.35. The third-order valence-corrected chi connectivity index (χ3v) is 5.99. The molecular weight excluding hydrogens is 466 g/mol. The summed E-state index contributed by atoms with van der Waals surface area (Å²) in [7, 11) is 0. The average molecular weight is 510 g/mol. The number of carbonyl (C=O) groups is 3. The number of hydrogen-bond donors (Lipinski definition) is 2. The van der Waals surface area contributed by atoms with Crippen LogP contribution >= 0.6 is 0 Å². The molecule has 0 radical (unpaired) electrons. The van der Waals surface area contributed by atoms with Gasteiger partial charge < -0.3 is 20.3 Å². The van der Waals surface area contributed by atoms with E-state index in [0.717, 1.165) is 24.0 Å². The van der Waals surface area contributed by atoms with Gasteiger partial charge in [0.25, 0.3) is 5.91 Å². The van der Waals surface area contributed by atoms with Crippen molar-refractivity contribution in [2.75, 3.05) is 11.9 Å². The molecule has 0 bridgehead atoms. The number of rotatable bonds is 10. The van der Waals surface area contributed by atoms with Crippen LogP contribution in [0.15, 0.2) is 48.5 Å². The van der Waals surface area contributed by atoms with Crippen LogP contribution in [-0.2, 0) is 14.3 Å². The van der Waals surface area contributed by atoms with E-state index in [4.69, 9.17) is 4.74 Å². The number of nitrogens with one attached hydrogen (secondary N) is 2. The third kappa shape index (κ3) is 9.56. The molecular formula is C30H43N3O4.